The van der Waals surface area contributed by atoms with Crippen molar-refractivity contribution >= 4 is 35.1 Å². The quantitative estimate of drug-likeness (QED) is 0.274. The van der Waals surface area contributed by atoms with Gasteiger partial charge >= 0.3 is 5.97 Å². The highest BCUT2D eigenvalue weighted by molar-refractivity contribution is 6.34. The fourth-order valence-corrected chi connectivity index (χ4v) is 6.71. The number of rotatable bonds is 11. The number of hydrogen-bond acceptors (Lipinski definition) is 6. The van der Waals surface area contributed by atoms with Gasteiger partial charge in [-0.05, 0) is 51.2 Å². The lowest BCUT2D eigenvalue weighted by Gasteiger charge is -2.37. The zero-order valence-corrected chi connectivity index (χ0v) is 21.7. The van der Waals surface area contributed by atoms with E-state index in [0.717, 1.165) is 0 Å². The average molecular weight is 519 g/mol. The van der Waals surface area contributed by atoms with E-state index in [1.807, 2.05) is 6.92 Å². The van der Waals surface area contributed by atoms with Crippen molar-refractivity contribution in [3.8, 4) is 0 Å². The van der Waals surface area contributed by atoms with Gasteiger partial charge < -0.3 is 24.4 Å². The molecule has 9 heteroatoms. The van der Waals surface area contributed by atoms with Gasteiger partial charge in [0, 0.05) is 19.7 Å². The van der Waals surface area contributed by atoms with Crippen molar-refractivity contribution in [2.24, 2.45) is 11.8 Å². The number of anilines is 1. The second-order valence-corrected chi connectivity index (χ2v) is 10.1. The van der Waals surface area contributed by atoms with Crippen molar-refractivity contribution in [2.45, 2.75) is 63.2 Å². The predicted molar refractivity (Wildman–Crippen MR) is 136 cm³/mol. The molecule has 1 spiro atoms. The monoisotopic (exact) mass is 518 g/mol. The highest BCUT2D eigenvalue weighted by Gasteiger charge is 2.79. The minimum Gasteiger partial charge on any atom is -0.466 e. The minimum atomic E-state index is -1.14. The Labute approximate surface area is 217 Å². The van der Waals surface area contributed by atoms with Crippen LogP contribution in [0.2, 0.25) is 5.02 Å². The van der Waals surface area contributed by atoms with Crippen LogP contribution in [0.4, 0.5) is 5.69 Å². The highest BCUT2D eigenvalue weighted by atomic mass is 35.5. The molecule has 4 rings (SSSR count). The van der Waals surface area contributed by atoms with Gasteiger partial charge in [-0.2, -0.15) is 0 Å². The Morgan fingerprint density at radius 1 is 1.31 bits per heavy atom. The number of esters is 1. The first kappa shape index (κ1) is 26.6. The molecular formula is C27H35ClN2O6. The topological polar surface area (TPSA) is 96.4 Å². The van der Waals surface area contributed by atoms with Gasteiger partial charge in [0.05, 0.1) is 28.8 Å². The molecule has 8 nitrogen and oxygen atoms in total. The number of ether oxygens (including phenoxy) is 2. The maximum atomic E-state index is 14.4. The van der Waals surface area contributed by atoms with Crippen molar-refractivity contribution in [1.29, 1.82) is 0 Å². The molecule has 1 aromatic carbocycles. The van der Waals surface area contributed by atoms with Crippen molar-refractivity contribution < 1.29 is 29.0 Å². The van der Waals surface area contributed by atoms with E-state index in [2.05, 4.69) is 6.58 Å². The van der Waals surface area contributed by atoms with E-state index in [1.165, 1.54) is 4.90 Å². The third-order valence-electron chi connectivity index (χ3n) is 7.98. The van der Waals surface area contributed by atoms with Gasteiger partial charge in [-0.1, -0.05) is 36.7 Å². The fraction of sp³-hybridized carbons (Fsp3) is 0.593. The molecule has 3 heterocycles. The standard InChI is InChI=1S/C27H35ClN2O6/c1-4-15-29(19-12-8-7-11-18(19)28)24(33)22-27-14-13-26(5-2,36-27)21(25(34)35-6-3)20(27)23(32)30(22)16-9-10-17-31/h4,7-8,11-12,20-22,31H,1,5-6,9-10,13-17H2,2-3H3/t20-,21-,22?,26+,27?/m0/s1. The van der Waals surface area contributed by atoms with Gasteiger partial charge in [-0.15, -0.1) is 6.58 Å². The Balaban J connectivity index is 1.81. The van der Waals surface area contributed by atoms with E-state index in [0.29, 0.717) is 42.8 Å². The number of carbonyl (C=O) groups is 3. The Bertz CT molecular complexity index is 1030. The predicted octanol–water partition coefficient (Wildman–Crippen LogP) is 3.35. The number of likely N-dealkylation sites (tertiary alicyclic amines) is 1. The van der Waals surface area contributed by atoms with E-state index >= 15 is 0 Å². The molecule has 0 aliphatic carbocycles. The van der Waals surface area contributed by atoms with Gasteiger partial charge in [0.25, 0.3) is 5.91 Å². The van der Waals surface area contributed by atoms with Crippen LogP contribution in [0.25, 0.3) is 0 Å². The number of nitrogens with zero attached hydrogens (tertiary/aromatic N) is 2. The molecular weight excluding hydrogens is 484 g/mol. The van der Waals surface area contributed by atoms with E-state index < -0.39 is 35.0 Å². The summed E-state index contributed by atoms with van der Waals surface area (Å²) in [7, 11) is 0. The zero-order valence-electron chi connectivity index (χ0n) is 21.0. The Kier molecular flexibility index (Phi) is 7.78. The summed E-state index contributed by atoms with van der Waals surface area (Å²) in [6, 6.07) is 6.12. The van der Waals surface area contributed by atoms with Crippen LogP contribution in [0.5, 0.6) is 0 Å². The van der Waals surface area contributed by atoms with Crippen LogP contribution in [0.15, 0.2) is 36.9 Å². The molecule has 3 fully saturated rings. The molecule has 0 radical (unpaired) electrons. The Hall–Kier alpha value is -2.42. The van der Waals surface area contributed by atoms with E-state index in [9.17, 15) is 19.5 Å². The van der Waals surface area contributed by atoms with Crippen LogP contribution in [0.3, 0.4) is 0 Å². The summed E-state index contributed by atoms with van der Waals surface area (Å²) in [4.78, 5) is 44.7. The lowest BCUT2D eigenvalue weighted by molar-refractivity contribution is -0.160. The largest absolute Gasteiger partial charge is 0.466 e. The van der Waals surface area contributed by atoms with Crippen molar-refractivity contribution in [1.82, 2.24) is 4.90 Å². The van der Waals surface area contributed by atoms with E-state index in [-0.39, 0.29) is 38.1 Å². The van der Waals surface area contributed by atoms with Crippen molar-refractivity contribution in [3.63, 3.8) is 0 Å². The summed E-state index contributed by atoms with van der Waals surface area (Å²) in [5, 5.41) is 9.74. The molecule has 3 aliphatic rings. The van der Waals surface area contributed by atoms with Gasteiger partial charge in [-0.3, -0.25) is 14.4 Å². The van der Waals surface area contributed by atoms with Crippen LogP contribution in [0, 0.1) is 11.8 Å². The van der Waals surface area contributed by atoms with E-state index in [1.54, 1.807) is 42.2 Å². The molecule has 0 saturated carbocycles. The second-order valence-electron chi connectivity index (χ2n) is 9.74. The molecule has 2 bridgehead atoms. The number of carbonyl (C=O) groups excluding carboxylic acids is 3. The van der Waals surface area contributed by atoms with Crippen LogP contribution in [0.1, 0.15) is 46.0 Å². The second kappa shape index (κ2) is 10.5. The molecule has 3 aliphatic heterocycles. The Morgan fingerprint density at radius 2 is 2.06 bits per heavy atom. The molecule has 3 saturated heterocycles. The first-order valence-electron chi connectivity index (χ1n) is 12.8. The van der Waals surface area contributed by atoms with Gasteiger partial charge in [0.2, 0.25) is 5.91 Å². The number of para-hydroxylation sites is 1. The van der Waals surface area contributed by atoms with Crippen LogP contribution in [-0.4, -0.2) is 71.3 Å². The number of unbranched alkanes of at least 4 members (excludes halogenated alkanes) is 1. The molecule has 2 amide bonds. The first-order chi connectivity index (χ1) is 17.3. The SMILES string of the molecule is C=CCN(C(=O)C1N(CCCCO)C(=O)[C@@H]2[C@@H](C(=O)OCC)[C@@]3(CC)CCC12O3)c1ccccc1Cl. The number of aliphatic hydroxyl groups is 1. The molecule has 2 unspecified atom stereocenters. The first-order valence-corrected chi connectivity index (χ1v) is 13.1. The number of benzene rings is 1. The lowest BCUT2D eigenvalue weighted by atomic mass is 9.65. The lowest BCUT2D eigenvalue weighted by Crippen LogP contribution is -2.56. The van der Waals surface area contributed by atoms with Crippen molar-refractivity contribution in [2.75, 3.05) is 31.2 Å². The average Bonchev–Trinajstić information content (AvgIpc) is 3.47. The summed E-state index contributed by atoms with van der Waals surface area (Å²) < 4.78 is 12.1. The highest BCUT2D eigenvalue weighted by Crippen LogP contribution is 2.64. The maximum Gasteiger partial charge on any atom is 0.312 e. The third-order valence-corrected chi connectivity index (χ3v) is 8.30. The van der Waals surface area contributed by atoms with Crippen molar-refractivity contribution in [3.05, 3.63) is 41.9 Å². The summed E-state index contributed by atoms with van der Waals surface area (Å²) in [6.07, 6.45) is 4.22. The minimum absolute atomic E-state index is 0.0156. The van der Waals surface area contributed by atoms with Crippen LogP contribution >= 0.6 is 11.6 Å². The number of amides is 2. The van der Waals surface area contributed by atoms with Gasteiger partial charge in [0.15, 0.2) is 0 Å². The molecule has 1 N–H and O–H groups in total. The maximum absolute atomic E-state index is 14.4. The number of halogens is 1. The summed E-state index contributed by atoms with van der Waals surface area (Å²) >= 11 is 6.48. The van der Waals surface area contributed by atoms with Gasteiger partial charge in [-0.25, -0.2) is 0 Å². The van der Waals surface area contributed by atoms with E-state index in [4.69, 9.17) is 21.1 Å². The Morgan fingerprint density at radius 3 is 2.69 bits per heavy atom. The third kappa shape index (κ3) is 4.03. The molecule has 5 atom stereocenters. The van der Waals surface area contributed by atoms with Crippen LogP contribution in [-0.2, 0) is 23.9 Å². The zero-order chi connectivity index (χ0) is 26.1. The van der Waals surface area contributed by atoms with Gasteiger partial charge in [0.1, 0.15) is 17.6 Å². The summed E-state index contributed by atoms with van der Waals surface area (Å²) in [6.45, 7) is 8.15. The summed E-state index contributed by atoms with van der Waals surface area (Å²) in [5.41, 5.74) is -1.45. The molecule has 196 valence electrons. The summed E-state index contributed by atoms with van der Waals surface area (Å²) in [5.74, 6) is -2.60. The molecule has 36 heavy (non-hydrogen) atoms. The fourth-order valence-electron chi connectivity index (χ4n) is 6.48. The molecule has 1 aromatic rings. The number of aliphatic hydroxyl groups excluding tert-OH is 1. The molecule has 0 aromatic heterocycles. The number of fused-ring (bicyclic) bond motifs is 1. The smallest absolute Gasteiger partial charge is 0.312 e. The van der Waals surface area contributed by atoms with Crippen LogP contribution < -0.4 is 4.90 Å². The normalized spacial score (nSPS) is 30.4. The number of hydrogen-bond donors (Lipinski definition) is 1.